The lowest BCUT2D eigenvalue weighted by molar-refractivity contribution is 0.0993. The van der Waals surface area contributed by atoms with Crippen LogP contribution in [0.3, 0.4) is 0 Å². The fraction of sp³-hybridized carbons (Fsp3) is 0.133. The zero-order valence-electron chi connectivity index (χ0n) is 9.91. The van der Waals surface area contributed by atoms with E-state index in [2.05, 4.69) is 15.9 Å². The number of rotatable bonds is 3. The van der Waals surface area contributed by atoms with Crippen LogP contribution >= 0.6 is 15.9 Å². The van der Waals surface area contributed by atoms with Crippen molar-refractivity contribution in [3.05, 3.63) is 69.4 Å². The molecule has 0 saturated carbocycles. The lowest BCUT2D eigenvalue weighted by Gasteiger charge is -2.04. The number of hydrogen-bond donors (Lipinski definition) is 0. The first kappa shape index (κ1) is 13.0. The van der Waals surface area contributed by atoms with Crippen molar-refractivity contribution in [1.29, 1.82) is 0 Å². The van der Waals surface area contributed by atoms with Crippen molar-refractivity contribution >= 4 is 21.7 Å². The highest BCUT2D eigenvalue weighted by molar-refractivity contribution is 9.10. The molecule has 18 heavy (non-hydrogen) atoms. The fourth-order valence-corrected chi connectivity index (χ4v) is 1.95. The van der Waals surface area contributed by atoms with Gasteiger partial charge in [0.1, 0.15) is 5.82 Å². The van der Waals surface area contributed by atoms with Crippen LogP contribution < -0.4 is 0 Å². The maximum atomic E-state index is 12.8. The Morgan fingerprint density at radius 3 is 2.44 bits per heavy atom. The Morgan fingerprint density at radius 1 is 1.17 bits per heavy atom. The van der Waals surface area contributed by atoms with Crippen molar-refractivity contribution in [2.75, 3.05) is 0 Å². The Hall–Kier alpha value is -1.48. The van der Waals surface area contributed by atoms with E-state index in [1.165, 1.54) is 12.1 Å². The smallest absolute Gasteiger partial charge is 0.167 e. The summed E-state index contributed by atoms with van der Waals surface area (Å²) in [5.74, 6) is -0.247. The van der Waals surface area contributed by atoms with Crippen LogP contribution in [0, 0.1) is 12.7 Å². The fourth-order valence-electron chi connectivity index (χ4n) is 1.71. The molecule has 0 aliphatic heterocycles. The van der Waals surface area contributed by atoms with Gasteiger partial charge in [-0.3, -0.25) is 4.79 Å². The lowest BCUT2D eigenvalue weighted by Crippen LogP contribution is -2.03. The second-order valence-corrected chi connectivity index (χ2v) is 5.04. The number of aryl methyl sites for hydroxylation is 1. The summed E-state index contributed by atoms with van der Waals surface area (Å²) < 4.78 is 13.7. The Kier molecular flexibility index (Phi) is 3.92. The Morgan fingerprint density at radius 2 is 1.83 bits per heavy atom. The van der Waals surface area contributed by atoms with Crippen molar-refractivity contribution in [1.82, 2.24) is 0 Å². The SMILES string of the molecule is Cc1cc(C(=O)Cc2ccc(F)cc2)ccc1Br. The number of ketones is 1. The van der Waals surface area contributed by atoms with Gasteiger partial charge in [0.25, 0.3) is 0 Å². The molecule has 0 amide bonds. The molecule has 0 radical (unpaired) electrons. The van der Waals surface area contributed by atoms with Gasteiger partial charge >= 0.3 is 0 Å². The van der Waals surface area contributed by atoms with E-state index in [4.69, 9.17) is 0 Å². The standard InChI is InChI=1S/C15H12BrFO/c1-10-8-12(4-7-14(10)16)15(18)9-11-2-5-13(17)6-3-11/h2-8H,9H2,1H3. The number of carbonyl (C=O) groups is 1. The normalized spacial score (nSPS) is 10.4. The van der Waals surface area contributed by atoms with E-state index in [1.807, 2.05) is 19.1 Å². The van der Waals surface area contributed by atoms with Gasteiger partial charge in [-0.15, -0.1) is 0 Å². The van der Waals surface area contributed by atoms with E-state index < -0.39 is 0 Å². The largest absolute Gasteiger partial charge is 0.294 e. The summed E-state index contributed by atoms with van der Waals surface area (Å²) in [6.07, 6.45) is 0.293. The van der Waals surface area contributed by atoms with Crippen LogP contribution in [0.4, 0.5) is 4.39 Å². The number of halogens is 2. The van der Waals surface area contributed by atoms with Gasteiger partial charge in [-0.2, -0.15) is 0 Å². The summed E-state index contributed by atoms with van der Waals surface area (Å²) in [5, 5.41) is 0. The highest BCUT2D eigenvalue weighted by Gasteiger charge is 2.08. The topological polar surface area (TPSA) is 17.1 Å². The van der Waals surface area contributed by atoms with Gasteiger partial charge in [-0.25, -0.2) is 4.39 Å². The third-order valence-electron chi connectivity index (χ3n) is 2.76. The van der Waals surface area contributed by atoms with Crippen LogP contribution in [0.1, 0.15) is 21.5 Å². The molecule has 0 aliphatic rings. The van der Waals surface area contributed by atoms with E-state index in [0.717, 1.165) is 15.6 Å². The molecular formula is C15H12BrFO. The second-order valence-electron chi connectivity index (χ2n) is 4.19. The Balaban J connectivity index is 2.16. The Bertz CT molecular complexity index is 576. The minimum atomic E-state index is -0.286. The van der Waals surface area contributed by atoms with Gasteiger partial charge in [0.05, 0.1) is 0 Å². The molecule has 3 heteroatoms. The van der Waals surface area contributed by atoms with Gasteiger partial charge in [0.15, 0.2) is 5.78 Å². The van der Waals surface area contributed by atoms with Crippen LogP contribution in [-0.4, -0.2) is 5.78 Å². The van der Waals surface area contributed by atoms with Gasteiger partial charge in [0.2, 0.25) is 0 Å². The first-order valence-corrected chi connectivity index (χ1v) is 6.39. The van der Waals surface area contributed by atoms with Crippen molar-refractivity contribution in [3.8, 4) is 0 Å². The molecule has 0 saturated heterocycles. The average Bonchev–Trinajstić information content (AvgIpc) is 2.35. The van der Waals surface area contributed by atoms with Gasteiger partial charge in [-0.05, 0) is 42.3 Å². The highest BCUT2D eigenvalue weighted by atomic mass is 79.9. The quantitative estimate of drug-likeness (QED) is 0.772. The molecule has 0 aromatic heterocycles. The molecule has 0 unspecified atom stereocenters. The molecule has 0 bridgehead atoms. The van der Waals surface area contributed by atoms with Crippen LogP contribution in [0.15, 0.2) is 46.9 Å². The zero-order valence-corrected chi connectivity index (χ0v) is 11.5. The molecule has 2 aromatic rings. The molecule has 0 atom stereocenters. The minimum Gasteiger partial charge on any atom is -0.294 e. The minimum absolute atomic E-state index is 0.0391. The first-order chi connectivity index (χ1) is 8.56. The predicted octanol–water partition coefficient (Wildman–Crippen LogP) is 4.32. The van der Waals surface area contributed by atoms with E-state index in [0.29, 0.717) is 12.0 Å². The predicted molar refractivity (Wildman–Crippen MR) is 73.3 cm³/mol. The van der Waals surface area contributed by atoms with E-state index >= 15 is 0 Å². The molecule has 2 rings (SSSR count). The summed E-state index contributed by atoms with van der Waals surface area (Å²) in [7, 11) is 0. The summed E-state index contributed by atoms with van der Waals surface area (Å²) in [6, 6.07) is 11.5. The van der Waals surface area contributed by atoms with Crippen LogP contribution in [-0.2, 0) is 6.42 Å². The highest BCUT2D eigenvalue weighted by Crippen LogP contribution is 2.18. The maximum Gasteiger partial charge on any atom is 0.167 e. The second kappa shape index (κ2) is 5.44. The molecular weight excluding hydrogens is 295 g/mol. The van der Waals surface area contributed by atoms with Crippen LogP contribution in [0.5, 0.6) is 0 Å². The third-order valence-corrected chi connectivity index (χ3v) is 3.65. The van der Waals surface area contributed by atoms with Crippen LogP contribution in [0.2, 0.25) is 0 Å². The number of Topliss-reactive ketones (excluding diaryl/α,β-unsaturated/α-hetero) is 1. The monoisotopic (exact) mass is 306 g/mol. The van der Waals surface area contributed by atoms with Gasteiger partial charge < -0.3 is 0 Å². The molecule has 0 heterocycles. The summed E-state index contributed by atoms with van der Waals surface area (Å²) in [5.41, 5.74) is 2.53. The lowest BCUT2D eigenvalue weighted by atomic mass is 10.0. The number of carbonyl (C=O) groups excluding carboxylic acids is 1. The molecule has 0 fully saturated rings. The molecule has 0 N–H and O–H groups in total. The van der Waals surface area contributed by atoms with E-state index in [-0.39, 0.29) is 11.6 Å². The van der Waals surface area contributed by atoms with E-state index in [9.17, 15) is 9.18 Å². The van der Waals surface area contributed by atoms with Crippen molar-refractivity contribution in [2.45, 2.75) is 13.3 Å². The molecule has 2 aromatic carbocycles. The molecule has 92 valence electrons. The number of benzene rings is 2. The summed E-state index contributed by atoms with van der Waals surface area (Å²) >= 11 is 3.40. The Labute approximate surface area is 114 Å². The van der Waals surface area contributed by atoms with E-state index in [1.54, 1.807) is 18.2 Å². The van der Waals surface area contributed by atoms with Crippen molar-refractivity contribution < 1.29 is 9.18 Å². The summed E-state index contributed by atoms with van der Waals surface area (Å²) in [6.45, 7) is 1.94. The van der Waals surface area contributed by atoms with Crippen molar-refractivity contribution in [3.63, 3.8) is 0 Å². The maximum absolute atomic E-state index is 12.8. The van der Waals surface area contributed by atoms with Gasteiger partial charge in [0, 0.05) is 16.5 Å². The van der Waals surface area contributed by atoms with Crippen LogP contribution in [0.25, 0.3) is 0 Å². The average molecular weight is 307 g/mol. The molecule has 1 nitrogen and oxygen atoms in total. The zero-order chi connectivity index (χ0) is 13.1. The first-order valence-electron chi connectivity index (χ1n) is 5.60. The van der Waals surface area contributed by atoms with Crippen molar-refractivity contribution in [2.24, 2.45) is 0 Å². The number of hydrogen-bond acceptors (Lipinski definition) is 1. The molecule has 0 spiro atoms. The van der Waals surface area contributed by atoms with Gasteiger partial charge in [-0.1, -0.05) is 34.1 Å². The third kappa shape index (κ3) is 3.05. The molecule has 0 aliphatic carbocycles. The summed E-state index contributed by atoms with van der Waals surface area (Å²) in [4.78, 5) is 12.1.